The van der Waals surface area contributed by atoms with Gasteiger partial charge in [-0.15, -0.1) is 0 Å². The topological polar surface area (TPSA) is 54.1 Å². The maximum Gasteiger partial charge on any atom is 0.00366 e. The van der Waals surface area contributed by atoms with Crippen LogP contribution in [0.5, 0.6) is 0 Å². The molecule has 0 saturated carbocycles. The van der Waals surface area contributed by atoms with Crippen molar-refractivity contribution in [1.29, 1.82) is 0 Å². The predicted octanol–water partition coefficient (Wildman–Crippen LogP) is -1.67. The maximum atomic E-state index is 8.12. The van der Waals surface area contributed by atoms with Crippen molar-refractivity contribution in [2.45, 2.75) is 0 Å². The van der Waals surface area contributed by atoms with Gasteiger partial charge in [0.25, 0.3) is 0 Å². The number of nitrogens with one attached hydrogen (secondary N) is 1. The molecule has 0 aliphatic heterocycles. The van der Waals surface area contributed by atoms with E-state index in [1.165, 1.54) is 0 Å². The first-order valence-electron chi connectivity index (χ1n) is 0.408. The van der Waals surface area contributed by atoms with Crippen molar-refractivity contribution in [2.24, 2.45) is 0 Å². The summed E-state index contributed by atoms with van der Waals surface area (Å²) < 4.78 is 0. The second-order valence-corrected chi connectivity index (χ2v) is 0.0833. The van der Waals surface area contributed by atoms with E-state index in [0.717, 1.165) is 0 Å². The van der Waals surface area contributed by atoms with Crippen LogP contribution in [0, 0.1) is 16.3 Å². The minimum absolute atomic E-state index is 0. The van der Waals surface area contributed by atoms with Gasteiger partial charge in [0.2, 0.25) is 0 Å². The van der Waals surface area contributed by atoms with Crippen LogP contribution >= 0.6 is 0 Å². The van der Waals surface area contributed by atoms with Crippen molar-refractivity contribution in [2.75, 3.05) is 0 Å². The van der Waals surface area contributed by atoms with Crippen LogP contribution in [0.3, 0.4) is 0 Å². The van der Waals surface area contributed by atoms with Gasteiger partial charge in [-0.05, 0) is 0 Å². The van der Waals surface area contributed by atoms with Gasteiger partial charge < -0.3 is 0 Å². The van der Waals surface area contributed by atoms with Crippen molar-refractivity contribution < 1.29 is 11.5 Å². The van der Waals surface area contributed by atoms with E-state index >= 15 is 0 Å². The summed E-state index contributed by atoms with van der Waals surface area (Å²) in [7, 11) is 0. The fourth-order valence-electron chi connectivity index (χ4n) is 0. The van der Waals surface area contributed by atoms with Gasteiger partial charge in [-0.1, -0.05) is 0 Å². The molecule has 26 valence electrons. The van der Waals surface area contributed by atoms with Crippen molar-refractivity contribution in [3.63, 3.8) is 0 Å². The molecule has 3 nitrogen and oxygen atoms in total. The minimum atomic E-state index is 0. The summed E-state index contributed by atoms with van der Waals surface area (Å²) in [6, 6.07) is 0. The van der Waals surface area contributed by atoms with E-state index in [1.54, 1.807) is 0 Å². The molecule has 0 spiro atoms. The summed E-state index contributed by atoms with van der Waals surface area (Å²) >= 11 is 0. The van der Waals surface area contributed by atoms with E-state index in [-0.39, 0.29) is 11.5 Å². The molecule has 0 atom stereocenters. The molecule has 0 radical (unpaired) electrons. The molecular weight excluding hydrogens is 66.2 g/mol. The smallest absolute Gasteiger partial charge is 0.00366 e. The fourth-order valence-corrected chi connectivity index (χ4v) is 0. The van der Waals surface area contributed by atoms with Gasteiger partial charge in [0.15, 0.2) is 0 Å². The van der Waals surface area contributed by atoms with Gasteiger partial charge in [0.05, 0.1) is 0 Å². The first-order valence-corrected chi connectivity index (χ1v) is 0.408. The molecule has 0 aromatic heterocycles. The largest absolute Gasteiger partial charge is 0.267 e. The average molecular weight is 67.2 g/mol. The third kappa shape index (κ3) is 0.262. The molecule has 0 heterocycles. The van der Waals surface area contributed by atoms with E-state index in [4.69, 9.17) is 10.1 Å². The first kappa shape index (κ1) is 10.3. The molecule has 0 aliphatic carbocycles. The summed E-state index contributed by atoms with van der Waals surface area (Å²) in [4.78, 5) is 8.12. The standard InChI is InChI=1S/HNO2.Ne/c2-1-3;/h1H;. The normalized spacial score (nSPS) is 3.00. The van der Waals surface area contributed by atoms with Crippen LogP contribution in [0.2, 0.25) is 0 Å². The number of hydrogen-bond acceptors (Lipinski definition) is 2. The van der Waals surface area contributed by atoms with Crippen LogP contribution in [0.15, 0.2) is 0 Å². The van der Waals surface area contributed by atoms with Crippen molar-refractivity contribution in [1.82, 2.24) is 0 Å². The molecular formula is HNNeO2. The van der Waals surface area contributed by atoms with Gasteiger partial charge in [-0.25, -0.2) is 0 Å². The molecule has 0 amide bonds. The van der Waals surface area contributed by atoms with Crippen LogP contribution in [-0.2, 0) is 0 Å². The third-order valence-corrected chi connectivity index (χ3v) is 0. The third-order valence-electron chi connectivity index (χ3n) is 0. The SMILES string of the molecule is O=[NH+][O-].[Ne]. The Balaban J connectivity index is 0. The van der Waals surface area contributed by atoms with E-state index in [9.17, 15) is 0 Å². The molecule has 0 fully saturated rings. The summed E-state index contributed by atoms with van der Waals surface area (Å²) in [5.41, 5.74) is 0. The Labute approximate surface area is 23.0 Å². The monoisotopic (exact) mass is 67.0 g/mol. The summed E-state index contributed by atoms with van der Waals surface area (Å²) in [5.74, 6) is 0. The van der Waals surface area contributed by atoms with Gasteiger partial charge in [0.1, 0.15) is 0 Å². The van der Waals surface area contributed by atoms with E-state index in [2.05, 4.69) is 0 Å². The molecule has 1 N–H and O–H groups in total. The Morgan fingerprint density at radius 2 is 1.75 bits per heavy atom. The Kier molecular flexibility index (Phi) is 107. The zero-order valence-corrected chi connectivity index (χ0v) is 1.67. The van der Waals surface area contributed by atoms with Crippen LogP contribution in [0.25, 0.3) is 0 Å². The zero-order chi connectivity index (χ0) is 2.71. The predicted molar refractivity (Wildman–Crippen MR) is 7.70 cm³/mol. The van der Waals surface area contributed by atoms with Gasteiger partial charge >= 0.3 is 0 Å². The van der Waals surface area contributed by atoms with Gasteiger partial charge in [-0.3, -0.25) is 10.1 Å². The van der Waals surface area contributed by atoms with Crippen molar-refractivity contribution >= 4 is 0 Å². The molecule has 0 aliphatic rings. The number of rotatable bonds is 0. The Morgan fingerprint density at radius 3 is 1.75 bits per heavy atom. The van der Waals surface area contributed by atoms with Crippen LogP contribution < -0.4 is 5.34 Å². The average Bonchev–Trinajstić information content (AvgIpc) is 0.918. The van der Waals surface area contributed by atoms with E-state index < -0.39 is 0 Å². The second kappa shape index (κ2) is 41.4. The molecule has 0 unspecified atom stereocenters. The molecule has 4 heteroatoms. The Hall–Kier alpha value is -0.691. The minimum Gasteiger partial charge on any atom is -0.267 e. The summed E-state index contributed by atoms with van der Waals surface area (Å²) in [5, 5.41) is 8.38. The van der Waals surface area contributed by atoms with Gasteiger partial charge in [-0.2, -0.15) is 0 Å². The summed E-state index contributed by atoms with van der Waals surface area (Å²) in [6.45, 7) is 0. The van der Waals surface area contributed by atoms with Crippen molar-refractivity contribution in [3.8, 4) is 0 Å². The second-order valence-electron chi connectivity index (χ2n) is 0.0833. The Bertz CT molecular complexity index is 13.5. The molecule has 0 bridgehead atoms. The summed E-state index contributed by atoms with van der Waals surface area (Å²) in [6.07, 6.45) is 0. The zero-order valence-electron chi connectivity index (χ0n) is 1.67. The van der Waals surface area contributed by atoms with E-state index in [0.29, 0.717) is 0 Å². The first-order chi connectivity index (χ1) is 1.41. The van der Waals surface area contributed by atoms with Crippen molar-refractivity contribution in [3.05, 3.63) is 10.1 Å². The molecule has 0 aromatic rings. The molecule has 0 aromatic carbocycles. The quantitative estimate of drug-likeness (QED) is 0.272. The van der Waals surface area contributed by atoms with Crippen LogP contribution in [-0.4, -0.2) is 0 Å². The molecule has 4 heavy (non-hydrogen) atoms. The van der Waals surface area contributed by atoms with Gasteiger partial charge in [0, 0.05) is 11.5 Å². The maximum absolute atomic E-state index is 8.12. The van der Waals surface area contributed by atoms with Crippen LogP contribution in [0.1, 0.15) is 0 Å². The fraction of sp³-hybridized carbons (Fsp3) is 0. The van der Waals surface area contributed by atoms with Crippen LogP contribution in [0.4, 0.5) is 0 Å². The Morgan fingerprint density at radius 1 is 1.75 bits per heavy atom. The molecule has 0 rings (SSSR count). The number of hydrogen-bond donors (Lipinski definition) is 1. The van der Waals surface area contributed by atoms with E-state index in [1.807, 2.05) is 0 Å². The molecule has 0 saturated heterocycles.